The highest BCUT2D eigenvalue weighted by Crippen LogP contribution is 2.17. The first kappa shape index (κ1) is 16.9. The summed E-state index contributed by atoms with van der Waals surface area (Å²) >= 11 is 0. The van der Waals surface area contributed by atoms with Gasteiger partial charge in [-0.05, 0) is 19.1 Å². The molecule has 1 nitrogen and oxygen atoms in total. The average molecular weight is 257 g/mol. The molecule has 0 heterocycles. The highest BCUT2D eigenvalue weighted by atomic mass is 28.4. The molecule has 0 aromatic rings. The zero-order valence-electron chi connectivity index (χ0n) is 12.3. The largest absolute Gasteiger partial charge is 0.414 e. The summed E-state index contributed by atoms with van der Waals surface area (Å²) in [5, 5.41) is 0. The van der Waals surface area contributed by atoms with Crippen LogP contribution in [0.25, 0.3) is 0 Å². The Labute approximate surface area is 110 Å². The topological polar surface area (TPSA) is 9.23 Å². The van der Waals surface area contributed by atoms with Gasteiger partial charge in [0.25, 0.3) is 0 Å². The Hall–Kier alpha value is -0.0831. The van der Waals surface area contributed by atoms with Gasteiger partial charge in [-0.1, -0.05) is 64.4 Å². The van der Waals surface area contributed by atoms with Crippen molar-refractivity contribution in [2.45, 2.75) is 77.4 Å². The minimum absolute atomic E-state index is 0.732. The summed E-state index contributed by atoms with van der Waals surface area (Å²) in [5.74, 6) is 0. The predicted octanol–water partition coefficient (Wildman–Crippen LogP) is 5.53. The lowest BCUT2D eigenvalue weighted by atomic mass is 10.1. The van der Waals surface area contributed by atoms with Crippen molar-refractivity contribution in [1.29, 1.82) is 0 Å². The number of hydrogen-bond acceptors (Lipinski definition) is 1. The van der Waals surface area contributed by atoms with Crippen molar-refractivity contribution < 1.29 is 4.43 Å². The van der Waals surface area contributed by atoms with Crippen LogP contribution in [-0.4, -0.2) is 14.9 Å². The van der Waals surface area contributed by atoms with Crippen LogP contribution in [0.3, 0.4) is 0 Å². The maximum atomic E-state index is 5.86. The molecular formula is C15H32OSi. The van der Waals surface area contributed by atoms with Gasteiger partial charge in [0, 0.05) is 0 Å². The monoisotopic (exact) mass is 256 g/mol. The van der Waals surface area contributed by atoms with Crippen LogP contribution in [0.15, 0.2) is 12.7 Å². The summed E-state index contributed by atoms with van der Waals surface area (Å²) in [5.41, 5.74) is 0. The van der Waals surface area contributed by atoms with E-state index in [1.165, 1.54) is 57.4 Å². The molecule has 0 aliphatic carbocycles. The fraction of sp³-hybridized carbons (Fsp3) is 0.867. The molecule has 0 aliphatic rings. The van der Waals surface area contributed by atoms with Crippen LogP contribution < -0.4 is 0 Å². The molecule has 0 N–H and O–H groups in total. The van der Waals surface area contributed by atoms with Crippen molar-refractivity contribution in [3.8, 4) is 0 Å². The van der Waals surface area contributed by atoms with Gasteiger partial charge in [0.2, 0.25) is 0 Å². The lowest BCUT2D eigenvalue weighted by Crippen LogP contribution is -2.30. The van der Waals surface area contributed by atoms with Crippen molar-refractivity contribution >= 4 is 8.32 Å². The van der Waals surface area contributed by atoms with Gasteiger partial charge in [0.15, 0.2) is 8.32 Å². The van der Waals surface area contributed by atoms with Gasteiger partial charge < -0.3 is 4.43 Å². The summed E-state index contributed by atoms with van der Waals surface area (Å²) in [6.07, 6.45) is 13.1. The van der Waals surface area contributed by atoms with E-state index >= 15 is 0 Å². The molecule has 102 valence electrons. The van der Waals surface area contributed by atoms with E-state index in [2.05, 4.69) is 26.6 Å². The second-order valence-corrected chi connectivity index (χ2v) is 9.89. The van der Waals surface area contributed by atoms with Gasteiger partial charge in [0.1, 0.15) is 0 Å². The average Bonchev–Trinajstić information content (AvgIpc) is 2.30. The smallest absolute Gasteiger partial charge is 0.187 e. The molecule has 0 bridgehead atoms. The number of unbranched alkanes of at least 4 members (excludes halogenated alkanes) is 7. The van der Waals surface area contributed by atoms with E-state index in [9.17, 15) is 0 Å². The third-order valence-corrected chi connectivity index (χ3v) is 5.73. The van der Waals surface area contributed by atoms with Crippen LogP contribution in [0, 0.1) is 0 Å². The molecule has 0 atom stereocenters. The lowest BCUT2D eigenvalue weighted by molar-refractivity contribution is 0.350. The van der Waals surface area contributed by atoms with Crippen molar-refractivity contribution in [1.82, 2.24) is 0 Å². The van der Waals surface area contributed by atoms with Crippen molar-refractivity contribution in [3.63, 3.8) is 0 Å². The first-order valence-corrected chi connectivity index (χ1v) is 10.5. The Kier molecular flexibility index (Phi) is 11.0. The van der Waals surface area contributed by atoms with E-state index in [-0.39, 0.29) is 0 Å². The summed E-state index contributed by atoms with van der Waals surface area (Å²) in [7, 11) is -1.38. The van der Waals surface area contributed by atoms with Gasteiger partial charge in [-0.15, -0.1) is 6.58 Å². The SMILES string of the molecule is C=CCO[Si](C)(C)CCCCCCCCCC. The van der Waals surface area contributed by atoms with Crippen LogP contribution in [0.2, 0.25) is 19.1 Å². The molecule has 0 aliphatic heterocycles. The van der Waals surface area contributed by atoms with E-state index in [4.69, 9.17) is 4.43 Å². The van der Waals surface area contributed by atoms with Crippen molar-refractivity contribution in [2.75, 3.05) is 6.61 Å². The first-order valence-electron chi connectivity index (χ1n) is 7.37. The van der Waals surface area contributed by atoms with Crippen molar-refractivity contribution in [2.24, 2.45) is 0 Å². The summed E-state index contributed by atoms with van der Waals surface area (Å²) in [6.45, 7) is 11.3. The van der Waals surface area contributed by atoms with Gasteiger partial charge in [-0.3, -0.25) is 0 Å². The molecule has 0 rings (SSSR count). The lowest BCUT2D eigenvalue weighted by Gasteiger charge is -2.21. The Balaban J connectivity index is 3.28. The molecule has 0 aromatic carbocycles. The molecule has 0 fully saturated rings. The Morgan fingerprint density at radius 1 is 0.941 bits per heavy atom. The minimum atomic E-state index is -1.38. The van der Waals surface area contributed by atoms with Crippen LogP contribution in [-0.2, 0) is 4.43 Å². The van der Waals surface area contributed by atoms with Gasteiger partial charge >= 0.3 is 0 Å². The Morgan fingerprint density at radius 2 is 1.47 bits per heavy atom. The highest BCUT2D eigenvalue weighted by molar-refractivity contribution is 6.71. The maximum Gasteiger partial charge on any atom is 0.187 e. The van der Waals surface area contributed by atoms with Gasteiger partial charge in [0.05, 0.1) is 6.61 Å². The van der Waals surface area contributed by atoms with E-state index in [0.29, 0.717) is 0 Å². The third-order valence-electron chi connectivity index (χ3n) is 3.22. The molecule has 0 saturated heterocycles. The number of rotatable bonds is 12. The minimum Gasteiger partial charge on any atom is -0.414 e. The van der Waals surface area contributed by atoms with E-state index in [0.717, 1.165) is 6.61 Å². The molecular weight excluding hydrogens is 224 g/mol. The summed E-state index contributed by atoms with van der Waals surface area (Å²) in [6, 6.07) is 1.30. The zero-order valence-corrected chi connectivity index (χ0v) is 13.3. The quantitative estimate of drug-likeness (QED) is 0.253. The Bertz CT molecular complexity index is 178. The normalized spacial score (nSPS) is 11.7. The second-order valence-electron chi connectivity index (χ2n) is 5.58. The molecule has 0 unspecified atom stereocenters. The van der Waals surface area contributed by atoms with Gasteiger partial charge in [-0.25, -0.2) is 0 Å². The standard InChI is InChI=1S/C15H32OSi/c1-5-7-8-9-10-11-12-13-15-17(3,4)16-14-6-2/h6H,2,5,7-15H2,1,3-4H3. The molecule has 2 heteroatoms. The van der Waals surface area contributed by atoms with E-state index < -0.39 is 8.32 Å². The molecule has 0 spiro atoms. The fourth-order valence-electron chi connectivity index (χ4n) is 2.04. The molecule has 0 aromatic heterocycles. The molecule has 0 radical (unpaired) electrons. The second kappa shape index (κ2) is 11.0. The maximum absolute atomic E-state index is 5.86. The van der Waals surface area contributed by atoms with E-state index in [1.54, 1.807) is 0 Å². The Morgan fingerprint density at radius 3 is 2.00 bits per heavy atom. The number of hydrogen-bond donors (Lipinski definition) is 0. The van der Waals surface area contributed by atoms with Crippen LogP contribution in [0.5, 0.6) is 0 Å². The molecule has 17 heavy (non-hydrogen) atoms. The van der Waals surface area contributed by atoms with Crippen molar-refractivity contribution in [3.05, 3.63) is 12.7 Å². The third kappa shape index (κ3) is 12.2. The van der Waals surface area contributed by atoms with Crippen LogP contribution in [0.1, 0.15) is 58.3 Å². The van der Waals surface area contributed by atoms with Crippen LogP contribution in [0.4, 0.5) is 0 Å². The fourth-order valence-corrected chi connectivity index (χ4v) is 3.86. The predicted molar refractivity (Wildman–Crippen MR) is 81.0 cm³/mol. The van der Waals surface area contributed by atoms with Crippen LogP contribution >= 0.6 is 0 Å². The summed E-state index contributed by atoms with van der Waals surface area (Å²) in [4.78, 5) is 0. The highest BCUT2D eigenvalue weighted by Gasteiger charge is 2.20. The van der Waals surface area contributed by atoms with E-state index in [1.807, 2.05) is 6.08 Å². The van der Waals surface area contributed by atoms with Gasteiger partial charge in [-0.2, -0.15) is 0 Å². The zero-order chi connectivity index (χ0) is 13.0. The summed E-state index contributed by atoms with van der Waals surface area (Å²) < 4.78 is 5.86. The molecule has 0 saturated carbocycles. The first-order chi connectivity index (χ1) is 8.12. The molecule has 0 amide bonds.